The summed E-state index contributed by atoms with van der Waals surface area (Å²) >= 11 is 5.64. The normalized spacial score (nSPS) is 9.74. The van der Waals surface area contributed by atoms with E-state index in [2.05, 4.69) is 15.0 Å². The number of anilines is 1. The molecule has 1 aromatic carbocycles. The van der Waals surface area contributed by atoms with Gasteiger partial charge in [-0.15, -0.1) is 0 Å². The Labute approximate surface area is 114 Å². The summed E-state index contributed by atoms with van der Waals surface area (Å²) in [6, 6.07) is 9.51. The van der Waals surface area contributed by atoms with Gasteiger partial charge in [0.05, 0.1) is 5.56 Å². The van der Waals surface area contributed by atoms with E-state index in [1.165, 1.54) is 12.3 Å². The Morgan fingerprint density at radius 1 is 1.21 bits per heavy atom. The lowest BCUT2D eigenvalue weighted by Crippen LogP contribution is -2.11. The summed E-state index contributed by atoms with van der Waals surface area (Å²) in [7, 11) is 0. The summed E-state index contributed by atoms with van der Waals surface area (Å²) in [6.07, 6.45) is 1.39. The molecule has 0 radical (unpaired) electrons. The first kappa shape index (κ1) is 13.0. The highest BCUT2D eigenvalue weighted by atomic mass is 35.5. The monoisotopic (exact) mass is 276 g/mol. The lowest BCUT2D eigenvalue weighted by molar-refractivity contribution is -0.120. The zero-order chi connectivity index (χ0) is 13.7. The molecule has 0 fully saturated rings. The van der Waals surface area contributed by atoms with Gasteiger partial charge < -0.3 is 10.1 Å². The van der Waals surface area contributed by atoms with Crippen LogP contribution in [0.1, 0.15) is 10.4 Å². The van der Waals surface area contributed by atoms with Gasteiger partial charge in [0, 0.05) is 11.9 Å². The fourth-order valence-corrected chi connectivity index (χ4v) is 1.50. The van der Waals surface area contributed by atoms with Crippen molar-refractivity contribution < 1.29 is 14.3 Å². The summed E-state index contributed by atoms with van der Waals surface area (Å²) in [6.45, 7) is 0.340. The number of halogens is 1. The SMILES string of the molecule is O=COc1ccc(NC(=O)c2ccc(Cl)nc2)cc1. The van der Waals surface area contributed by atoms with E-state index in [0.717, 1.165) is 0 Å². The Morgan fingerprint density at radius 3 is 2.53 bits per heavy atom. The molecule has 1 heterocycles. The van der Waals surface area contributed by atoms with Crippen LogP contribution in [0.3, 0.4) is 0 Å². The summed E-state index contributed by atoms with van der Waals surface area (Å²) < 4.78 is 4.65. The third-order valence-corrected chi connectivity index (χ3v) is 2.51. The highest BCUT2D eigenvalue weighted by Gasteiger charge is 2.06. The predicted molar refractivity (Wildman–Crippen MR) is 70.3 cm³/mol. The molecule has 96 valence electrons. The van der Waals surface area contributed by atoms with Crippen LogP contribution in [0.15, 0.2) is 42.6 Å². The molecule has 1 N–H and O–H groups in total. The van der Waals surface area contributed by atoms with Crippen molar-refractivity contribution in [3.63, 3.8) is 0 Å². The fourth-order valence-electron chi connectivity index (χ4n) is 1.39. The van der Waals surface area contributed by atoms with Gasteiger partial charge in [0.15, 0.2) is 0 Å². The maximum absolute atomic E-state index is 11.9. The van der Waals surface area contributed by atoms with Gasteiger partial charge >= 0.3 is 0 Å². The maximum atomic E-state index is 11.9. The van der Waals surface area contributed by atoms with Gasteiger partial charge in [-0.2, -0.15) is 0 Å². The molecule has 0 saturated carbocycles. The number of aromatic nitrogens is 1. The standard InChI is InChI=1S/C13H9ClN2O3/c14-12-6-1-9(7-15-12)13(18)16-10-2-4-11(5-3-10)19-8-17/h1-8H,(H,16,18). The number of carbonyl (C=O) groups is 2. The second kappa shape index (κ2) is 5.97. The molecule has 6 heteroatoms. The summed E-state index contributed by atoms with van der Waals surface area (Å²) in [4.78, 5) is 25.8. The minimum absolute atomic E-state index is 0.298. The lowest BCUT2D eigenvalue weighted by Gasteiger charge is -2.05. The smallest absolute Gasteiger partial charge is 0.298 e. The Hall–Kier alpha value is -2.40. The van der Waals surface area contributed by atoms with E-state index in [9.17, 15) is 9.59 Å². The first-order valence-corrected chi connectivity index (χ1v) is 5.70. The molecule has 2 aromatic rings. The van der Waals surface area contributed by atoms with Gasteiger partial charge in [0.25, 0.3) is 12.4 Å². The number of hydrogen-bond donors (Lipinski definition) is 1. The molecule has 19 heavy (non-hydrogen) atoms. The molecule has 5 nitrogen and oxygen atoms in total. The number of rotatable bonds is 4. The lowest BCUT2D eigenvalue weighted by atomic mass is 10.2. The molecule has 0 aliphatic heterocycles. The largest absolute Gasteiger partial charge is 0.429 e. The van der Waals surface area contributed by atoms with Crippen LogP contribution in [0, 0.1) is 0 Å². The minimum Gasteiger partial charge on any atom is -0.429 e. The van der Waals surface area contributed by atoms with Crippen molar-refractivity contribution in [2.45, 2.75) is 0 Å². The number of amides is 1. The summed E-state index contributed by atoms with van der Waals surface area (Å²) in [5, 5.41) is 3.01. The minimum atomic E-state index is -0.298. The van der Waals surface area contributed by atoms with E-state index in [1.54, 1.807) is 30.3 Å². The van der Waals surface area contributed by atoms with Crippen molar-refractivity contribution in [2.75, 3.05) is 5.32 Å². The average molecular weight is 277 g/mol. The Kier molecular flexibility index (Phi) is 4.10. The van der Waals surface area contributed by atoms with Gasteiger partial charge in [-0.05, 0) is 36.4 Å². The van der Waals surface area contributed by atoms with Gasteiger partial charge in [-0.3, -0.25) is 9.59 Å². The topological polar surface area (TPSA) is 68.3 Å². The van der Waals surface area contributed by atoms with Gasteiger partial charge in [-0.25, -0.2) is 4.98 Å². The highest BCUT2D eigenvalue weighted by molar-refractivity contribution is 6.29. The Bertz CT molecular complexity index is 582. The average Bonchev–Trinajstić information content (AvgIpc) is 2.42. The molecule has 2 rings (SSSR count). The number of ether oxygens (including phenoxy) is 1. The third-order valence-electron chi connectivity index (χ3n) is 2.29. The number of nitrogens with one attached hydrogen (secondary N) is 1. The number of pyridine rings is 1. The van der Waals surface area contributed by atoms with E-state index < -0.39 is 0 Å². The number of carbonyl (C=O) groups excluding carboxylic acids is 2. The summed E-state index contributed by atoms with van der Waals surface area (Å²) in [5.74, 6) is 0.106. The molecule has 0 unspecified atom stereocenters. The molecule has 1 aromatic heterocycles. The first-order chi connectivity index (χ1) is 9.19. The van der Waals surface area contributed by atoms with Gasteiger partial charge in [0.2, 0.25) is 0 Å². The highest BCUT2D eigenvalue weighted by Crippen LogP contribution is 2.16. The number of nitrogens with zero attached hydrogens (tertiary/aromatic N) is 1. The second-order valence-electron chi connectivity index (χ2n) is 3.56. The van der Waals surface area contributed by atoms with E-state index in [4.69, 9.17) is 11.6 Å². The number of benzene rings is 1. The van der Waals surface area contributed by atoms with Crippen LogP contribution in [0.25, 0.3) is 0 Å². The molecular weight excluding hydrogens is 268 g/mol. The van der Waals surface area contributed by atoms with Crippen molar-refractivity contribution in [1.29, 1.82) is 0 Å². The van der Waals surface area contributed by atoms with Crippen LogP contribution in [0.4, 0.5) is 5.69 Å². The Morgan fingerprint density at radius 2 is 1.95 bits per heavy atom. The quantitative estimate of drug-likeness (QED) is 0.688. The van der Waals surface area contributed by atoms with Crippen LogP contribution < -0.4 is 10.1 Å². The molecule has 0 saturated heterocycles. The zero-order valence-electron chi connectivity index (χ0n) is 9.67. The third kappa shape index (κ3) is 3.53. The van der Waals surface area contributed by atoms with Crippen molar-refractivity contribution in [2.24, 2.45) is 0 Å². The van der Waals surface area contributed by atoms with E-state index >= 15 is 0 Å². The van der Waals surface area contributed by atoms with Crippen LogP contribution in [0.5, 0.6) is 5.75 Å². The molecule has 0 aliphatic rings. The number of hydrogen-bond acceptors (Lipinski definition) is 4. The van der Waals surface area contributed by atoms with Crippen LogP contribution in [-0.2, 0) is 4.79 Å². The van der Waals surface area contributed by atoms with E-state index in [-0.39, 0.29) is 5.91 Å². The van der Waals surface area contributed by atoms with Crippen molar-refractivity contribution in [1.82, 2.24) is 4.98 Å². The molecule has 1 amide bonds. The predicted octanol–water partition coefficient (Wildman–Crippen LogP) is 2.52. The van der Waals surface area contributed by atoms with Gasteiger partial charge in [0.1, 0.15) is 10.9 Å². The summed E-state index contributed by atoms with van der Waals surface area (Å²) in [5.41, 5.74) is 0.982. The van der Waals surface area contributed by atoms with Crippen LogP contribution in [-0.4, -0.2) is 17.4 Å². The molecule has 0 spiro atoms. The molecule has 0 atom stereocenters. The van der Waals surface area contributed by atoms with Crippen LogP contribution in [0.2, 0.25) is 5.15 Å². The molecule has 0 bridgehead atoms. The van der Waals surface area contributed by atoms with Crippen LogP contribution >= 0.6 is 11.6 Å². The van der Waals surface area contributed by atoms with Gasteiger partial charge in [-0.1, -0.05) is 11.6 Å². The van der Waals surface area contributed by atoms with E-state index in [1.807, 2.05) is 0 Å². The van der Waals surface area contributed by atoms with Crippen molar-refractivity contribution >= 4 is 29.7 Å². The second-order valence-corrected chi connectivity index (χ2v) is 3.95. The Balaban J connectivity index is 2.06. The van der Waals surface area contributed by atoms with Crippen molar-refractivity contribution in [3.05, 3.63) is 53.3 Å². The fraction of sp³-hybridized carbons (Fsp3) is 0. The zero-order valence-corrected chi connectivity index (χ0v) is 10.4. The van der Waals surface area contributed by atoms with E-state index in [0.29, 0.717) is 28.6 Å². The molecular formula is C13H9ClN2O3. The molecule has 0 aliphatic carbocycles. The maximum Gasteiger partial charge on any atom is 0.298 e. The van der Waals surface area contributed by atoms with Crippen molar-refractivity contribution in [3.8, 4) is 5.75 Å². The first-order valence-electron chi connectivity index (χ1n) is 5.32.